The number of aryl methyl sites for hydroxylation is 4. The highest BCUT2D eigenvalue weighted by Gasteiger charge is 2.22. The van der Waals surface area contributed by atoms with Gasteiger partial charge in [0.2, 0.25) is 0 Å². The Morgan fingerprint density at radius 2 is 1.81 bits per heavy atom. The third-order valence-corrected chi connectivity index (χ3v) is 7.40. The summed E-state index contributed by atoms with van der Waals surface area (Å²) in [4.78, 5) is 23.6. The monoisotopic (exact) mass is 439 g/mol. The van der Waals surface area contributed by atoms with Gasteiger partial charge in [0, 0.05) is 49.4 Å². The second-order valence-corrected chi connectivity index (χ2v) is 9.56. The van der Waals surface area contributed by atoms with E-state index in [1.165, 1.54) is 35.0 Å². The molecule has 9 heteroatoms. The second-order valence-electron chi connectivity index (χ2n) is 8.49. The van der Waals surface area contributed by atoms with Gasteiger partial charge >= 0.3 is 0 Å². The van der Waals surface area contributed by atoms with Crippen LogP contribution in [0.3, 0.4) is 0 Å². The fraction of sp³-hybridized carbons (Fsp3) is 0.545. The molecule has 0 bridgehead atoms. The van der Waals surface area contributed by atoms with Crippen molar-refractivity contribution in [3.05, 3.63) is 50.5 Å². The van der Waals surface area contributed by atoms with Gasteiger partial charge in [-0.15, -0.1) is 16.4 Å². The van der Waals surface area contributed by atoms with E-state index in [9.17, 15) is 4.79 Å². The fourth-order valence-electron chi connectivity index (χ4n) is 4.44. The molecule has 1 saturated heterocycles. The molecule has 3 aromatic rings. The van der Waals surface area contributed by atoms with Gasteiger partial charge in [-0.05, 0) is 51.7 Å². The quantitative estimate of drug-likeness (QED) is 0.607. The van der Waals surface area contributed by atoms with E-state index in [0.29, 0.717) is 12.4 Å². The zero-order chi connectivity index (χ0) is 21.4. The van der Waals surface area contributed by atoms with E-state index in [1.807, 2.05) is 31.3 Å². The summed E-state index contributed by atoms with van der Waals surface area (Å²) in [5.74, 6) is 0.683. The number of hydrogen-bond donors (Lipinski definition) is 0. The van der Waals surface area contributed by atoms with Crippen LogP contribution in [0.15, 0.2) is 23.0 Å². The van der Waals surface area contributed by atoms with E-state index in [0.717, 1.165) is 50.5 Å². The molecule has 5 rings (SSSR count). The Bertz CT molecular complexity index is 1100. The number of fused-ring (bicyclic) bond motifs is 1. The fourth-order valence-corrected chi connectivity index (χ4v) is 5.64. The first-order chi connectivity index (χ1) is 15.1. The first-order valence-corrected chi connectivity index (χ1v) is 12.0. The van der Waals surface area contributed by atoms with Crippen LogP contribution in [-0.2, 0) is 19.4 Å². The van der Waals surface area contributed by atoms with Crippen molar-refractivity contribution in [1.82, 2.24) is 29.4 Å². The predicted octanol–water partition coefficient (Wildman–Crippen LogP) is 2.20. The molecule has 31 heavy (non-hydrogen) atoms. The van der Waals surface area contributed by atoms with Crippen molar-refractivity contribution in [3.63, 3.8) is 0 Å². The number of anilines is 1. The summed E-state index contributed by atoms with van der Waals surface area (Å²) in [5, 5.41) is 10.2. The summed E-state index contributed by atoms with van der Waals surface area (Å²) in [6, 6.07) is 5.33. The van der Waals surface area contributed by atoms with Gasteiger partial charge in [0.15, 0.2) is 10.9 Å². The maximum absolute atomic E-state index is 12.3. The minimum Gasteiger partial charge on any atom is -0.346 e. The molecule has 2 aliphatic rings. The van der Waals surface area contributed by atoms with Gasteiger partial charge in [-0.1, -0.05) is 0 Å². The first kappa shape index (κ1) is 20.4. The van der Waals surface area contributed by atoms with Gasteiger partial charge in [0.25, 0.3) is 5.56 Å². The minimum atomic E-state index is -0.0720. The number of hydrogen-bond acceptors (Lipinski definition) is 7. The number of rotatable bonds is 5. The van der Waals surface area contributed by atoms with Crippen molar-refractivity contribution in [2.75, 3.05) is 37.6 Å². The van der Waals surface area contributed by atoms with Crippen molar-refractivity contribution in [2.24, 2.45) is 0 Å². The standard InChI is InChI=1S/C22H29N7OS/c1-16-15-17(2)29(24-16)20-7-8-21(30)28(25-20)14-11-26-9-12-27(13-10-26)22-23-18-5-3-4-6-19(18)31-22/h7-8,15H,3-6,9-14H2,1-2H3. The van der Waals surface area contributed by atoms with Crippen molar-refractivity contribution in [2.45, 2.75) is 46.1 Å². The normalized spacial score (nSPS) is 17.2. The van der Waals surface area contributed by atoms with E-state index in [2.05, 4.69) is 20.0 Å². The molecular weight excluding hydrogens is 410 g/mol. The lowest BCUT2D eigenvalue weighted by atomic mass is 10.0. The van der Waals surface area contributed by atoms with Gasteiger partial charge in [-0.2, -0.15) is 5.10 Å². The summed E-state index contributed by atoms with van der Waals surface area (Å²) in [7, 11) is 0. The average molecular weight is 440 g/mol. The zero-order valence-electron chi connectivity index (χ0n) is 18.3. The average Bonchev–Trinajstić information content (AvgIpc) is 3.36. The van der Waals surface area contributed by atoms with Crippen LogP contribution in [0.2, 0.25) is 0 Å². The highest BCUT2D eigenvalue weighted by Crippen LogP contribution is 2.32. The van der Waals surface area contributed by atoms with Crippen LogP contribution in [0.5, 0.6) is 0 Å². The van der Waals surface area contributed by atoms with E-state index >= 15 is 0 Å². The van der Waals surface area contributed by atoms with Gasteiger partial charge < -0.3 is 4.90 Å². The van der Waals surface area contributed by atoms with Crippen LogP contribution in [-0.4, -0.2) is 62.2 Å². The molecule has 0 amide bonds. The molecule has 1 aliphatic carbocycles. The van der Waals surface area contributed by atoms with E-state index in [-0.39, 0.29) is 5.56 Å². The summed E-state index contributed by atoms with van der Waals surface area (Å²) in [6.07, 6.45) is 4.92. The Balaban J connectivity index is 1.20. The lowest BCUT2D eigenvalue weighted by Gasteiger charge is -2.34. The van der Waals surface area contributed by atoms with E-state index < -0.39 is 0 Å². The lowest BCUT2D eigenvalue weighted by molar-refractivity contribution is 0.242. The van der Waals surface area contributed by atoms with Crippen molar-refractivity contribution < 1.29 is 0 Å². The molecule has 8 nitrogen and oxygen atoms in total. The Morgan fingerprint density at radius 3 is 2.55 bits per heavy atom. The Kier molecular flexibility index (Phi) is 5.62. The Morgan fingerprint density at radius 1 is 1.00 bits per heavy atom. The lowest BCUT2D eigenvalue weighted by Crippen LogP contribution is -2.47. The SMILES string of the molecule is Cc1cc(C)n(-c2ccc(=O)n(CCN3CCN(c4nc5c(s4)CCCC5)CC3)n2)n1. The third-order valence-electron chi connectivity index (χ3n) is 6.18. The summed E-state index contributed by atoms with van der Waals surface area (Å²) in [5.41, 5.74) is 3.21. The second kappa shape index (κ2) is 8.55. The molecule has 0 radical (unpaired) electrons. The highest BCUT2D eigenvalue weighted by molar-refractivity contribution is 7.15. The number of nitrogens with zero attached hydrogens (tertiary/aromatic N) is 7. The zero-order valence-corrected chi connectivity index (χ0v) is 19.1. The summed E-state index contributed by atoms with van der Waals surface area (Å²) >= 11 is 1.89. The molecular formula is C22H29N7OS. The first-order valence-electron chi connectivity index (χ1n) is 11.1. The molecule has 4 heterocycles. The van der Waals surface area contributed by atoms with Crippen LogP contribution < -0.4 is 10.5 Å². The highest BCUT2D eigenvalue weighted by atomic mass is 32.1. The Labute approximate surface area is 186 Å². The third kappa shape index (κ3) is 4.29. The van der Waals surface area contributed by atoms with Crippen LogP contribution in [0.1, 0.15) is 34.8 Å². The number of piperazine rings is 1. The number of thiazole rings is 1. The topological polar surface area (TPSA) is 72.1 Å². The number of aromatic nitrogens is 5. The van der Waals surface area contributed by atoms with Gasteiger partial charge in [0.05, 0.1) is 17.9 Å². The molecule has 1 fully saturated rings. The molecule has 1 aliphatic heterocycles. The van der Waals surface area contributed by atoms with E-state index in [4.69, 9.17) is 4.98 Å². The largest absolute Gasteiger partial charge is 0.346 e. The minimum absolute atomic E-state index is 0.0720. The van der Waals surface area contributed by atoms with Gasteiger partial charge in [-0.25, -0.2) is 14.3 Å². The molecule has 0 unspecified atom stereocenters. The molecule has 0 atom stereocenters. The smallest absolute Gasteiger partial charge is 0.266 e. The molecule has 0 N–H and O–H groups in total. The summed E-state index contributed by atoms with van der Waals surface area (Å²) in [6.45, 7) is 9.29. The van der Waals surface area contributed by atoms with E-state index in [1.54, 1.807) is 21.5 Å². The summed E-state index contributed by atoms with van der Waals surface area (Å²) < 4.78 is 3.35. The van der Waals surface area contributed by atoms with Crippen molar-refractivity contribution >= 4 is 16.5 Å². The molecule has 0 aromatic carbocycles. The molecule has 0 spiro atoms. The van der Waals surface area contributed by atoms with Crippen molar-refractivity contribution in [3.8, 4) is 5.82 Å². The predicted molar refractivity (Wildman–Crippen MR) is 123 cm³/mol. The van der Waals surface area contributed by atoms with Crippen LogP contribution >= 0.6 is 11.3 Å². The van der Waals surface area contributed by atoms with Crippen LogP contribution in [0, 0.1) is 13.8 Å². The van der Waals surface area contributed by atoms with Gasteiger partial charge in [-0.3, -0.25) is 9.69 Å². The Hall–Kier alpha value is -2.52. The maximum atomic E-state index is 12.3. The molecule has 164 valence electrons. The molecule has 0 saturated carbocycles. The van der Waals surface area contributed by atoms with Crippen molar-refractivity contribution in [1.29, 1.82) is 0 Å². The van der Waals surface area contributed by atoms with Crippen LogP contribution in [0.4, 0.5) is 5.13 Å². The van der Waals surface area contributed by atoms with Gasteiger partial charge in [0.1, 0.15) is 0 Å². The maximum Gasteiger partial charge on any atom is 0.266 e. The van der Waals surface area contributed by atoms with Crippen LogP contribution in [0.25, 0.3) is 5.82 Å². The molecule has 3 aromatic heterocycles.